The number of anilines is 1. The summed E-state index contributed by atoms with van der Waals surface area (Å²) >= 11 is 5.83. The van der Waals surface area contributed by atoms with Crippen molar-refractivity contribution >= 4 is 33.3 Å². The number of methoxy groups -OCH3 is 1. The number of para-hydroxylation sites is 1. The maximum Gasteiger partial charge on any atom is 0.330 e. The van der Waals surface area contributed by atoms with E-state index >= 15 is 0 Å². The van der Waals surface area contributed by atoms with Gasteiger partial charge in [-0.1, -0.05) is 41.9 Å². The van der Waals surface area contributed by atoms with E-state index in [4.69, 9.17) is 16.3 Å². The number of ether oxygens (including phenoxy) is 1. The Hall–Kier alpha value is -2.05. The lowest BCUT2D eigenvalue weighted by molar-refractivity contribution is -0.140. The Bertz CT molecular complexity index is 775. The molecule has 23 heavy (non-hydrogen) atoms. The Morgan fingerprint density at radius 1 is 1.09 bits per heavy atom. The molecule has 1 unspecified atom stereocenters. The van der Waals surface area contributed by atoms with Crippen LogP contribution in [0.2, 0.25) is 5.02 Å². The molecule has 0 amide bonds. The second-order valence-electron chi connectivity index (χ2n) is 4.80. The van der Waals surface area contributed by atoms with Crippen molar-refractivity contribution in [3.05, 3.63) is 65.2 Å². The van der Waals surface area contributed by atoms with Gasteiger partial charge < -0.3 is 4.74 Å². The Labute approximate surface area is 140 Å². The predicted molar refractivity (Wildman–Crippen MR) is 90.0 cm³/mol. The van der Waals surface area contributed by atoms with Gasteiger partial charge in [-0.25, -0.2) is 8.42 Å². The van der Waals surface area contributed by atoms with Gasteiger partial charge in [0.05, 0.1) is 12.8 Å². The van der Waals surface area contributed by atoms with E-state index in [1.807, 2.05) is 0 Å². The van der Waals surface area contributed by atoms with Crippen LogP contribution in [0, 0.1) is 0 Å². The summed E-state index contributed by atoms with van der Waals surface area (Å²) in [5.41, 5.74) is 0.749. The number of carbonyl (C=O) groups is 1. The second-order valence-corrected chi connectivity index (χ2v) is 7.29. The third-order valence-electron chi connectivity index (χ3n) is 3.39. The number of sulfonamides is 1. The summed E-state index contributed by atoms with van der Waals surface area (Å²) in [7, 11) is -1.46. The minimum Gasteiger partial charge on any atom is -0.468 e. The predicted octanol–water partition coefficient (Wildman–Crippen LogP) is 3.02. The van der Waals surface area contributed by atoms with Crippen molar-refractivity contribution in [2.45, 2.75) is 5.25 Å². The van der Waals surface area contributed by atoms with Crippen molar-refractivity contribution in [3.8, 4) is 0 Å². The molecule has 0 saturated carbocycles. The molecule has 7 heteroatoms. The van der Waals surface area contributed by atoms with Gasteiger partial charge in [0.2, 0.25) is 5.25 Å². The zero-order valence-electron chi connectivity index (χ0n) is 12.6. The van der Waals surface area contributed by atoms with Gasteiger partial charge >= 0.3 is 5.97 Å². The molecule has 0 radical (unpaired) electrons. The SMILES string of the molecule is COC(=O)C(c1ccc(Cl)cc1)S(=O)(=O)N(C)c1ccccc1. The number of rotatable bonds is 5. The average Bonchev–Trinajstić information content (AvgIpc) is 2.56. The van der Waals surface area contributed by atoms with E-state index < -0.39 is 21.2 Å². The second kappa shape index (κ2) is 7.02. The minimum atomic E-state index is -4.02. The Kier molecular flexibility index (Phi) is 5.28. The third kappa shape index (κ3) is 3.65. The fraction of sp³-hybridized carbons (Fsp3) is 0.188. The first-order valence-corrected chi connectivity index (χ1v) is 8.62. The van der Waals surface area contributed by atoms with Crippen LogP contribution < -0.4 is 4.31 Å². The fourth-order valence-electron chi connectivity index (χ4n) is 2.12. The van der Waals surface area contributed by atoms with Crippen LogP contribution in [0.3, 0.4) is 0 Å². The zero-order valence-corrected chi connectivity index (χ0v) is 14.2. The van der Waals surface area contributed by atoms with Gasteiger partial charge in [-0.15, -0.1) is 0 Å². The van der Waals surface area contributed by atoms with Gasteiger partial charge in [-0.2, -0.15) is 0 Å². The molecule has 0 spiro atoms. The van der Waals surface area contributed by atoms with Gasteiger partial charge in [0.25, 0.3) is 10.0 Å². The summed E-state index contributed by atoms with van der Waals surface area (Å²) in [6.07, 6.45) is 0. The molecular weight excluding hydrogens is 338 g/mol. The molecule has 122 valence electrons. The van der Waals surface area contributed by atoms with Gasteiger partial charge in [-0.3, -0.25) is 9.10 Å². The number of esters is 1. The summed E-state index contributed by atoms with van der Waals surface area (Å²) in [4.78, 5) is 12.1. The molecule has 0 aromatic heterocycles. The topological polar surface area (TPSA) is 63.7 Å². The first-order chi connectivity index (χ1) is 10.9. The normalized spacial score (nSPS) is 12.5. The number of hydrogen-bond donors (Lipinski definition) is 0. The number of hydrogen-bond acceptors (Lipinski definition) is 4. The first kappa shape index (κ1) is 17.3. The lowest BCUT2D eigenvalue weighted by Gasteiger charge is -2.24. The quantitative estimate of drug-likeness (QED) is 0.775. The first-order valence-electron chi connectivity index (χ1n) is 6.74. The smallest absolute Gasteiger partial charge is 0.330 e. The molecule has 0 aliphatic heterocycles. The van der Waals surface area contributed by atoms with Gasteiger partial charge in [0.1, 0.15) is 0 Å². The number of nitrogens with zero attached hydrogens (tertiary/aromatic N) is 1. The van der Waals surface area contributed by atoms with E-state index in [-0.39, 0.29) is 0 Å². The van der Waals surface area contributed by atoms with Crippen LogP contribution in [0.5, 0.6) is 0 Å². The molecule has 2 rings (SSSR count). The average molecular weight is 354 g/mol. The van der Waals surface area contributed by atoms with E-state index in [1.165, 1.54) is 31.3 Å². The summed E-state index contributed by atoms with van der Waals surface area (Å²) < 4.78 is 31.6. The molecule has 0 bridgehead atoms. The van der Waals surface area contributed by atoms with E-state index in [0.29, 0.717) is 16.3 Å². The van der Waals surface area contributed by atoms with Crippen molar-refractivity contribution < 1.29 is 17.9 Å². The molecule has 0 fully saturated rings. The van der Waals surface area contributed by atoms with Crippen molar-refractivity contribution in [3.63, 3.8) is 0 Å². The molecule has 0 heterocycles. The van der Waals surface area contributed by atoms with Gasteiger partial charge in [0, 0.05) is 12.1 Å². The highest BCUT2D eigenvalue weighted by Gasteiger charge is 2.38. The number of carbonyl (C=O) groups excluding carboxylic acids is 1. The molecule has 0 N–H and O–H groups in total. The van der Waals surface area contributed by atoms with Crippen LogP contribution in [-0.2, 0) is 19.6 Å². The molecule has 0 aliphatic rings. The highest BCUT2D eigenvalue weighted by Crippen LogP contribution is 2.30. The van der Waals surface area contributed by atoms with Crippen LogP contribution in [0.25, 0.3) is 0 Å². The lowest BCUT2D eigenvalue weighted by Crippen LogP contribution is -2.35. The van der Waals surface area contributed by atoms with E-state index in [2.05, 4.69) is 0 Å². The number of halogens is 1. The fourth-order valence-corrected chi connectivity index (χ4v) is 3.82. The molecule has 1 atom stereocenters. The number of benzene rings is 2. The largest absolute Gasteiger partial charge is 0.468 e. The minimum absolute atomic E-state index is 0.295. The molecular formula is C16H16ClNO4S. The van der Waals surface area contributed by atoms with Crippen LogP contribution in [0.4, 0.5) is 5.69 Å². The lowest BCUT2D eigenvalue weighted by atomic mass is 10.1. The summed E-state index contributed by atoms with van der Waals surface area (Å²) in [5, 5.41) is -1.01. The van der Waals surface area contributed by atoms with Crippen LogP contribution in [0.1, 0.15) is 10.8 Å². The Balaban J connectivity index is 2.50. The van der Waals surface area contributed by atoms with E-state index in [9.17, 15) is 13.2 Å². The van der Waals surface area contributed by atoms with Gasteiger partial charge in [-0.05, 0) is 29.8 Å². The molecule has 2 aromatic rings. The highest BCUT2D eigenvalue weighted by atomic mass is 35.5. The zero-order chi connectivity index (χ0) is 17.0. The maximum absolute atomic E-state index is 12.9. The molecule has 5 nitrogen and oxygen atoms in total. The van der Waals surface area contributed by atoms with Crippen molar-refractivity contribution in [1.82, 2.24) is 0 Å². The van der Waals surface area contributed by atoms with Crippen LogP contribution >= 0.6 is 11.6 Å². The van der Waals surface area contributed by atoms with Crippen LogP contribution in [0.15, 0.2) is 54.6 Å². The standard InChI is InChI=1S/C16H16ClNO4S/c1-18(14-6-4-3-5-7-14)23(20,21)15(16(19)22-2)12-8-10-13(17)11-9-12/h3-11,15H,1-2H3. The summed E-state index contributed by atoms with van der Waals surface area (Å²) in [6.45, 7) is 0. The third-order valence-corrected chi connectivity index (χ3v) is 5.67. The monoisotopic (exact) mass is 353 g/mol. The molecule has 0 saturated heterocycles. The van der Waals surface area contributed by atoms with Crippen molar-refractivity contribution in [1.29, 1.82) is 0 Å². The summed E-state index contributed by atoms with van der Waals surface area (Å²) in [5.74, 6) is -0.852. The highest BCUT2D eigenvalue weighted by molar-refractivity contribution is 7.93. The molecule has 2 aromatic carbocycles. The van der Waals surface area contributed by atoms with Gasteiger partial charge in [0.15, 0.2) is 0 Å². The Morgan fingerprint density at radius 3 is 2.17 bits per heavy atom. The van der Waals surface area contributed by atoms with E-state index in [0.717, 1.165) is 11.4 Å². The maximum atomic E-state index is 12.9. The summed E-state index contributed by atoms with van der Waals surface area (Å²) in [6, 6.07) is 14.6. The van der Waals surface area contributed by atoms with Crippen LogP contribution in [-0.4, -0.2) is 28.5 Å². The Morgan fingerprint density at radius 2 is 1.65 bits per heavy atom. The molecule has 0 aliphatic carbocycles. The van der Waals surface area contributed by atoms with Crippen molar-refractivity contribution in [2.24, 2.45) is 0 Å². The van der Waals surface area contributed by atoms with Crippen molar-refractivity contribution in [2.75, 3.05) is 18.5 Å². The van der Waals surface area contributed by atoms with E-state index in [1.54, 1.807) is 30.3 Å².